The summed E-state index contributed by atoms with van der Waals surface area (Å²) in [6, 6.07) is 4.16. The smallest absolute Gasteiger partial charge is 0.143 e. The molecule has 0 fully saturated rings. The van der Waals surface area contributed by atoms with Crippen molar-refractivity contribution in [3.05, 3.63) is 33.9 Å². The summed E-state index contributed by atoms with van der Waals surface area (Å²) >= 11 is 7.93. The maximum absolute atomic E-state index is 6.24. The van der Waals surface area contributed by atoms with Gasteiger partial charge in [-0.3, -0.25) is 4.98 Å². The first-order valence-corrected chi connectivity index (χ1v) is 8.49. The SMILES string of the molecule is CC(C)Cc1nc(-c2ncccc2Cl)sc1CNC(C)C. The van der Waals surface area contributed by atoms with Crippen LogP contribution in [-0.4, -0.2) is 16.0 Å². The van der Waals surface area contributed by atoms with Crippen molar-refractivity contribution >= 4 is 22.9 Å². The van der Waals surface area contributed by atoms with Crippen LogP contribution in [-0.2, 0) is 13.0 Å². The van der Waals surface area contributed by atoms with E-state index in [4.69, 9.17) is 16.6 Å². The van der Waals surface area contributed by atoms with Gasteiger partial charge in [-0.1, -0.05) is 39.3 Å². The second kappa shape index (κ2) is 7.34. The molecule has 0 unspecified atom stereocenters. The van der Waals surface area contributed by atoms with Crippen LogP contribution < -0.4 is 5.32 Å². The lowest BCUT2D eigenvalue weighted by Crippen LogP contribution is -2.22. The van der Waals surface area contributed by atoms with E-state index in [1.54, 1.807) is 17.5 Å². The van der Waals surface area contributed by atoms with Crippen molar-refractivity contribution in [1.29, 1.82) is 0 Å². The third kappa shape index (κ3) is 4.50. The molecule has 21 heavy (non-hydrogen) atoms. The first-order valence-electron chi connectivity index (χ1n) is 7.30. The largest absolute Gasteiger partial charge is 0.310 e. The van der Waals surface area contributed by atoms with Crippen LogP contribution in [0.3, 0.4) is 0 Å². The topological polar surface area (TPSA) is 37.8 Å². The van der Waals surface area contributed by atoms with Gasteiger partial charge in [0.25, 0.3) is 0 Å². The van der Waals surface area contributed by atoms with E-state index in [2.05, 4.69) is 38.0 Å². The highest BCUT2D eigenvalue weighted by Gasteiger charge is 2.16. The molecule has 1 N–H and O–H groups in total. The quantitative estimate of drug-likeness (QED) is 0.847. The van der Waals surface area contributed by atoms with Crippen molar-refractivity contribution < 1.29 is 0 Å². The number of halogens is 1. The van der Waals surface area contributed by atoms with Crippen LogP contribution in [0.5, 0.6) is 0 Å². The zero-order valence-electron chi connectivity index (χ0n) is 13.0. The summed E-state index contributed by atoms with van der Waals surface area (Å²) in [6.45, 7) is 9.58. The Bertz CT molecular complexity index is 593. The van der Waals surface area contributed by atoms with Gasteiger partial charge in [-0.05, 0) is 24.5 Å². The van der Waals surface area contributed by atoms with Gasteiger partial charge in [0.05, 0.1) is 10.7 Å². The molecule has 0 aromatic carbocycles. The van der Waals surface area contributed by atoms with E-state index in [0.29, 0.717) is 17.0 Å². The molecule has 0 atom stereocenters. The number of nitrogens with one attached hydrogen (secondary N) is 1. The Kier molecular flexibility index (Phi) is 5.73. The lowest BCUT2D eigenvalue weighted by atomic mass is 10.1. The third-order valence-corrected chi connectivity index (χ3v) is 4.42. The highest BCUT2D eigenvalue weighted by atomic mass is 35.5. The summed E-state index contributed by atoms with van der Waals surface area (Å²) in [5, 5.41) is 5.04. The molecule has 2 heterocycles. The molecule has 114 valence electrons. The Labute approximate surface area is 135 Å². The molecule has 2 aromatic rings. The Morgan fingerprint density at radius 3 is 2.67 bits per heavy atom. The van der Waals surface area contributed by atoms with Crippen molar-refractivity contribution in [3.63, 3.8) is 0 Å². The van der Waals surface area contributed by atoms with E-state index in [1.807, 2.05) is 12.1 Å². The second-order valence-corrected chi connectivity index (χ2v) is 7.35. The molecule has 0 saturated heterocycles. The summed E-state index contributed by atoms with van der Waals surface area (Å²) in [6.07, 6.45) is 2.74. The van der Waals surface area contributed by atoms with Gasteiger partial charge in [-0.2, -0.15) is 0 Å². The molecular formula is C16H22ClN3S. The number of aromatic nitrogens is 2. The predicted molar refractivity (Wildman–Crippen MR) is 90.9 cm³/mol. The lowest BCUT2D eigenvalue weighted by molar-refractivity contribution is 0.581. The number of hydrogen-bond donors (Lipinski definition) is 1. The molecule has 0 radical (unpaired) electrons. The number of nitrogens with zero attached hydrogens (tertiary/aromatic N) is 2. The summed E-state index contributed by atoms with van der Waals surface area (Å²) in [5.41, 5.74) is 1.95. The molecule has 5 heteroatoms. The molecule has 2 aromatic heterocycles. The molecule has 0 aliphatic heterocycles. The molecule has 0 saturated carbocycles. The monoisotopic (exact) mass is 323 g/mol. The zero-order valence-corrected chi connectivity index (χ0v) is 14.6. The zero-order chi connectivity index (χ0) is 15.4. The van der Waals surface area contributed by atoms with Gasteiger partial charge < -0.3 is 5.32 Å². The maximum Gasteiger partial charge on any atom is 0.143 e. The van der Waals surface area contributed by atoms with Crippen LogP contribution in [0, 0.1) is 5.92 Å². The minimum Gasteiger partial charge on any atom is -0.310 e. The van der Waals surface area contributed by atoms with Gasteiger partial charge in [0.2, 0.25) is 0 Å². The van der Waals surface area contributed by atoms with Crippen LogP contribution in [0.1, 0.15) is 38.3 Å². The molecule has 0 amide bonds. The van der Waals surface area contributed by atoms with Crippen LogP contribution in [0.4, 0.5) is 0 Å². The van der Waals surface area contributed by atoms with Gasteiger partial charge >= 0.3 is 0 Å². The van der Waals surface area contributed by atoms with Crippen molar-refractivity contribution in [2.45, 2.75) is 46.7 Å². The normalized spacial score (nSPS) is 11.6. The average Bonchev–Trinajstić information content (AvgIpc) is 2.79. The van der Waals surface area contributed by atoms with Crippen molar-refractivity contribution in [2.75, 3.05) is 0 Å². The minimum absolute atomic E-state index is 0.459. The molecule has 0 bridgehead atoms. The summed E-state index contributed by atoms with van der Waals surface area (Å²) in [7, 11) is 0. The Morgan fingerprint density at radius 1 is 1.29 bits per heavy atom. The predicted octanol–water partition coefficient (Wildman–Crippen LogP) is 4.56. The van der Waals surface area contributed by atoms with Gasteiger partial charge in [0.1, 0.15) is 10.7 Å². The minimum atomic E-state index is 0.459. The first kappa shape index (κ1) is 16.4. The van der Waals surface area contributed by atoms with E-state index in [1.165, 1.54) is 10.6 Å². The van der Waals surface area contributed by atoms with E-state index in [9.17, 15) is 0 Å². The highest BCUT2D eigenvalue weighted by Crippen LogP contribution is 2.32. The van der Waals surface area contributed by atoms with Crippen molar-refractivity contribution in [2.24, 2.45) is 5.92 Å². The van der Waals surface area contributed by atoms with E-state index < -0.39 is 0 Å². The van der Waals surface area contributed by atoms with Crippen LogP contribution in [0.25, 0.3) is 10.7 Å². The van der Waals surface area contributed by atoms with Crippen molar-refractivity contribution in [1.82, 2.24) is 15.3 Å². The third-order valence-electron chi connectivity index (χ3n) is 3.01. The highest BCUT2D eigenvalue weighted by molar-refractivity contribution is 7.15. The fourth-order valence-corrected chi connectivity index (χ4v) is 3.33. The Hall–Kier alpha value is -0.970. The standard InChI is InChI=1S/C16H22ClN3S/c1-10(2)8-13-14(9-19-11(3)4)21-16(20-13)15-12(17)6-5-7-18-15/h5-7,10-11,19H,8-9H2,1-4H3. The first-order chi connectivity index (χ1) is 9.97. The summed E-state index contributed by atoms with van der Waals surface area (Å²) < 4.78 is 0. The summed E-state index contributed by atoms with van der Waals surface area (Å²) in [4.78, 5) is 10.5. The lowest BCUT2D eigenvalue weighted by Gasteiger charge is -2.08. The van der Waals surface area contributed by atoms with Crippen LogP contribution in [0.2, 0.25) is 5.02 Å². The molecular weight excluding hydrogens is 302 g/mol. The van der Waals surface area contributed by atoms with E-state index >= 15 is 0 Å². The maximum atomic E-state index is 6.24. The van der Waals surface area contributed by atoms with Gasteiger partial charge in [-0.15, -0.1) is 11.3 Å². The molecule has 0 spiro atoms. The van der Waals surface area contributed by atoms with E-state index in [-0.39, 0.29) is 0 Å². The van der Waals surface area contributed by atoms with Gasteiger partial charge in [0.15, 0.2) is 0 Å². The number of pyridine rings is 1. The average molecular weight is 324 g/mol. The van der Waals surface area contributed by atoms with Crippen molar-refractivity contribution in [3.8, 4) is 10.7 Å². The molecule has 2 rings (SSSR count). The fraction of sp³-hybridized carbons (Fsp3) is 0.500. The van der Waals surface area contributed by atoms with Crippen LogP contribution in [0.15, 0.2) is 18.3 Å². The molecule has 0 aliphatic rings. The number of hydrogen-bond acceptors (Lipinski definition) is 4. The second-order valence-electron chi connectivity index (χ2n) is 5.86. The Morgan fingerprint density at radius 2 is 2.05 bits per heavy atom. The fourth-order valence-electron chi connectivity index (χ4n) is 2.01. The van der Waals surface area contributed by atoms with Gasteiger partial charge in [0, 0.05) is 23.7 Å². The number of rotatable bonds is 6. The van der Waals surface area contributed by atoms with Gasteiger partial charge in [-0.25, -0.2) is 4.98 Å². The van der Waals surface area contributed by atoms with E-state index in [0.717, 1.165) is 23.7 Å². The number of thiazole rings is 1. The molecule has 0 aliphatic carbocycles. The summed E-state index contributed by atoms with van der Waals surface area (Å²) in [5.74, 6) is 0.581. The Balaban J connectivity index is 2.33. The van der Waals surface area contributed by atoms with Crippen LogP contribution >= 0.6 is 22.9 Å². The molecule has 3 nitrogen and oxygen atoms in total.